The molecular weight excluding hydrogens is 176 g/mol. The van der Waals surface area contributed by atoms with E-state index in [4.69, 9.17) is 0 Å². The van der Waals surface area contributed by atoms with Crippen LogP contribution in [0.25, 0.3) is 0 Å². The van der Waals surface area contributed by atoms with Crippen LogP contribution in [0.5, 0.6) is 0 Å². The van der Waals surface area contributed by atoms with E-state index in [1.807, 2.05) is 13.2 Å². The predicted octanol–water partition coefficient (Wildman–Crippen LogP) is 0.746. The van der Waals surface area contributed by atoms with E-state index >= 15 is 0 Å². The van der Waals surface area contributed by atoms with Crippen LogP contribution in [-0.2, 0) is 13.5 Å². The molecule has 2 heterocycles. The first-order valence-electron chi connectivity index (χ1n) is 5.32. The van der Waals surface area contributed by atoms with Crippen molar-refractivity contribution in [1.82, 2.24) is 20.3 Å². The van der Waals surface area contributed by atoms with Crippen LogP contribution < -0.4 is 5.32 Å². The Kier molecular flexibility index (Phi) is 2.82. The summed E-state index contributed by atoms with van der Waals surface area (Å²) in [7, 11) is 1.92. The SMILES string of the molecule is CC1CC(Cc2cn(C)nn2)CCN1. The Morgan fingerprint density at radius 3 is 3.14 bits per heavy atom. The molecule has 4 heteroatoms. The number of piperidine rings is 1. The fraction of sp³-hybridized carbons (Fsp3) is 0.800. The van der Waals surface area contributed by atoms with Gasteiger partial charge in [0.25, 0.3) is 0 Å². The Morgan fingerprint density at radius 2 is 2.50 bits per heavy atom. The maximum Gasteiger partial charge on any atom is 0.0829 e. The van der Waals surface area contributed by atoms with Gasteiger partial charge in [0.2, 0.25) is 0 Å². The summed E-state index contributed by atoms with van der Waals surface area (Å²) in [4.78, 5) is 0. The van der Waals surface area contributed by atoms with Gasteiger partial charge in [-0.15, -0.1) is 5.10 Å². The van der Waals surface area contributed by atoms with Gasteiger partial charge in [0.15, 0.2) is 0 Å². The Hall–Kier alpha value is -0.900. The molecule has 0 bridgehead atoms. The number of nitrogens with zero attached hydrogens (tertiary/aromatic N) is 3. The van der Waals surface area contributed by atoms with Gasteiger partial charge in [0, 0.05) is 19.3 Å². The highest BCUT2D eigenvalue weighted by molar-refractivity contribution is 4.95. The van der Waals surface area contributed by atoms with Crippen molar-refractivity contribution in [3.63, 3.8) is 0 Å². The van der Waals surface area contributed by atoms with Crippen molar-refractivity contribution < 1.29 is 0 Å². The molecule has 0 saturated carbocycles. The monoisotopic (exact) mass is 194 g/mol. The number of aromatic nitrogens is 3. The first-order chi connectivity index (χ1) is 6.74. The summed E-state index contributed by atoms with van der Waals surface area (Å²) in [6.45, 7) is 3.40. The highest BCUT2D eigenvalue weighted by Gasteiger charge is 2.19. The predicted molar refractivity (Wildman–Crippen MR) is 54.9 cm³/mol. The topological polar surface area (TPSA) is 42.7 Å². The summed E-state index contributed by atoms with van der Waals surface area (Å²) >= 11 is 0. The molecule has 2 unspecified atom stereocenters. The summed E-state index contributed by atoms with van der Waals surface area (Å²) in [5, 5.41) is 11.5. The number of hydrogen-bond acceptors (Lipinski definition) is 3. The first-order valence-corrected chi connectivity index (χ1v) is 5.32. The van der Waals surface area contributed by atoms with E-state index in [1.54, 1.807) is 4.68 Å². The van der Waals surface area contributed by atoms with Crippen LogP contribution >= 0.6 is 0 Å². The molecular formula is C10H18N4. The van der Waals surface area contributed by atoms with Crippen molar-refractivity contribution in [1.29, 1.82) is 0 Å². The van der Waals surface area contributed by atoms with E-state index in [0.717, 1.165) is 24.6 Å². The highest BCUT2D eigenvalue weighted by atomic mass is 15.4. The third-order valence-corrected chi connectivity index (χ3v) is 2.88. The van der Waals surface area contributed by atoms with Gasteiger partial charge < -0.3 is 5.32 Å². The molecule has 1 aromatic heterocycles. The standard InChI is InChI=1S/C10H18N4/c1-8-5-9(3-4-11-8)6-10-7-14(2)13-12-10/h7-9,11H,3-6H2,1-2H3. The summed E-state index contributed by atoms with van der Waals surface area (Å²) in [5.74, 6) is 0.781. The normalized spacial score (nSPS) is 27.9. The van der Waals surface area contributed by atoms with Crippen LogP contribution in [0.3, 0.4) is 0 Å². The third-order valence-electron chi connectivity index (χ3n) is 2.88. The van der Waals surface area contributed by atoms with Gasteiger partial charge in [-0.05, 0) is 38.6 Å². The van der Waals surface area contributed by atoms with Crippen molar-refractivity contribution in [2.75, 3.05) is 6.54 Å². The zero-order valence-corrected chi connectivity index (χ0v) is 8.90. The molecule has 1 aliphatic rings. The number of aryl methyl sites for hydroxylation is 1. The van der Waals surface area contributed by atoms with Gasteiger partial charge in [-0.3, -0.25) is 4.68 Å². The van der Waals surface area contributed by atoms with Gasteiger partial charge in [-0.2, -0.15) is 0 Å². The molecule has 0 radical (unpaired) electrons. The van der Waals surface area contributed by atoms with Gasteiger partial charge in [0.05, 0.1) is 5.69 Å². The molecule has 0 spiro atoms. The second kappa shape index (κ2) is 4.09. The zero-order chi connectivity index (χ0) is 9.97. The lowest BCUT2D eigenvalue weighted by Crippen LogP contribution is -2.36. The molecule has 1 fully saturated rings. The molecule has 1 aromatic rings. The van der Waals surface area contributed by atoms with Crippen LogP contribution in [0.4, 0.5) is 0 Å². The van der Waals surface area contributed by atoms with Crippen LogP contribution in [0, 0.1) is 5.92 Å². The Balaban J connectivity index is 1.90. The minimum Gasteiger partial charge on any atom is -0.314 e. The van der Waals surface area contributed by atoms with Gasteiger partial charge in [-0.25, -0.2) is 0 Å². The quantitative estimate of drug-likeness (QED) is 0.755. The lowest BCUT2D eigenvalue weighted by molar-refractivity contribution is 0.312. The fourth-order valence-corrected chi connectivity index (χ4v) is 2.21. The Bertz CT molecular complexity index is 294. The summed E-state index contributed by atoms with van der Waals surface area (Å²) in [6.07, 6.45) is 5.63. The van der Waals surface area contributed by atoms with E-state index in [2.05, 4.69) is 22.6 Å². The van der Waals surface area contributed by atoms with Crippen molar-refractivity contribution in [2.24, 2.45) is 13.0 Å². The summed E-state index contributed by atoms with van der Waals surface area (Å²) < 4.78 is 1.78. The number of hydrogen-bond donors (Lipinski definition) is 1. The van der Waals surface area contributed by atoms with Crippen molar-refractivity contribution in [3.8, 4) is 0 Å². The fourth-order valence-electron chi connectivity index (χ4n) is 2.21. The average Bonchev–Trinajstić information content (AvgIpc) is 2.51. The molecule has 1 aliphatic heterocycles. The van der Waals surface area contributed by atoms with Crippen LogP contribution in [-0.4, -0.2) is 27.6 Å². The maximum atomic E-state index is 4.13. The van der Waals surface area contributed by atoms with Gasteiger partial charge in [-0.1, -0.05) is 5.21 Å². The smallest absolute Gasteiger partial charge is 0.0829 e. The van der Waals surface area contributed by atoms with E-state index < -0.39 is 0 Å². The van der Waals surface area contributed by atoms with E-state index in [-0.39, 0.29) is 0 Å². The molecule has 78 valence electrons. The molecule has 14 heavy (non-hydrogen) atoms. The summed E-state index contributed by atoms with van der Waals surface area (Å²) in [6, 6.07) is 0.658. The van der Waals surface area contributed by atoms with E-state index in [0.29, 0.717) is 6.04 Å². The highest BCUT2D eigenvalue weighted by Crippen LogP contribution is 2.19. The minimum atomic E-state index is 0.658. The second-order valence-electron chi connectivity index (χ2n) is 4.33. The molecule has 1 saturated heterocycles. The van der Waals surface area contributed by atoms with E-state index in [1.165, 1.54) is 12.8 Å². The largest absolute Gasteiger partial charge is 0.314 e. The number of rotatable bonds is 2. The van der Waals surface area contributed by atoms with Crippen LogP contribution in [0.15, 0.2) is 6.20 Å². The number of nitrogens with one attached hydrogen (secondary N) is 1. The molecule has 1 N–H and O–H groups in total. The molecule has 2 rings (SSSR count). The lowest BCUT2D eigenvalue weighted by Gasteiger charge is -2.27. The molecule has 0 aromatic carbocycles. The minimum absolute atomic E-state index is 0.658. The van der Waals surface area contributed by atoms with Crippen LogP contribution in [0.2, 0.25) is 0 Å². The van der Waals surface area contributed by atoms with Crippen molar-refractivity contribution >= 4 is 0 Å². The zero-order valence-electron chi connectivity index (χ0n) is 8.90. The van der Waals surface area contributed by atoms with Crippen LogP contribution in [0.1, 0.15) is 25.5 Å². The molecule has 2 atom stereocenters. The van der Waals surface area contributed by atoms with Crippen molar-refractivity contribution in [3.05, 3.63) is 11.9 Å². The lowest BCUT2D eigenvalue weighted by atomic mass is 9.89. The second-order valence-corrected chi connectivity index (χ2v) is 4.33. The summed E-state index contributed by atoms with van der Waals surface area (Å²) in [5.41, 5.74) is 1.13. The van der Waals surface area contributed by atoms with E-state index in [9.17, 15) is 0 Å². The maximum absolute atomic E-state index is 4.13. The average molecular weight is 194 g/mol. The van der Waals surface area contributed by atoms with Gasteiger partial charge >= 0.3 is 0 Å². The Morgan fingerprint density at radius 1 is 1.64 bits per heavy atom. The van der Waals surface area contributed by atoms with Crippen molar-refractivity contribution in [2.45, 2.75) is 32.2 Å². The third kappa shape index (κ3) is 2.32. The molecule has 0 aliphatic carbocycles. The van der Waals surface area contributed by atoms with Gasteiger partial charge in [0.1, 0.15) is 0 Å². The molecule has 4 nitrogen and oxygen atoms in total. The molecule has 0 amide bonds. The Labute approximate surface area is 84.7 Å². The first kappa shape index (κ1) is 9.65.